The quantitative estimate of drug-likeness (QED) is 0.352. The number of carboxylic acids is 1. The monoisotopic (exact) mass is 416 g/mol. The molecule has 0 saturated carbocycles. The van der Waals surface area contributed by atoms with Gasteiger partial charge in [0.05, 0.1) is 17.0 Å². The Bertz CT molecular complexity index is 1360. The van der Waals surface area contributed by atoms with Crippen molar-refractivity contribution in [2.45, 2.75) is 0 Å². The Hall–Kier alpha value is -4.44. The van der Waals surface area contributed by atoms with Crippen LogP contribution in [0.4, 0.5) is 0 Å². The van der Waals surface area contributed by atoms with Gasteiger partial charge in [-0.1, -0.05) is 91.0 Å². The van der Waals surface area contributed by atoms with E-state index in [0.717, 1.165) is 39.6 Å². The molecule has 154 valence electrons. The summed E-state index contributed by atoms with van der Waals surface area (Å²) in [5.41, 5.74) is 5.96. The van der Waals surface area contributed by atoms with E-state index in [9.17, 15) is 9.90 Å². The Morgan fingerprint density at radius 2 is 1.12 bits per heavy atom. The summed E-state index contributed by atoms with van der Waals surface area (Å²) in [5.74, 6) is -0.148. The number of hydrogen-bond acceptors (Lipinski definition) is 2. The lowest BCUT2D eigenvalue weighted by atomic mass is 10.0. The van der Waals surface area contributed by atoms with Gasteiger partial charge in [0.25, 0.3) is 0 Å². The molecule has 0 unspecified atom stereocenters. The maximum atomic E-state index is 11.4. The first-order valence-corrected chi connectivity index (χ1v) is 10.3. The van der Waals surface area contributed by atoms with Crippen LogP contribution >= 0.6 is 0 Å². The van der Waals surface area contributed by atoms with Crippen molar-refractivity contribution in [3.05, 3.63) is 121 Å². The smallest absolute Gasteiger partial charge is 0.335 e. The molecule has 0 aliphatic heterocycles. The molecule has 0 bridgehead atoms. The van der Waals surface area contributed by atoms with E-state index >= 15 is 0 Å². The fourth-order valence-corrected chi connectivity index (χ4v) is 3.87. The largest absolute Gasteiger partial charge is 0.478 e. The van der Waals surface area contributed by atoms with Crippen LogP contribution in [0, 0.1) is 0 Å². The lowest BCUT2D eigenvalue weighted by molar-refractivity contribution is 0.0697. The maximum absolute atomic E-state index is 11.4. The van der Waals surface area contributed by atoms with E-state index in [2.05, 4.69) is 28.8 Å². The van der Waals surface area contributed by atoms with Crippen LogP contribution in [-0.2, 0) is 0 Å². The third kappa shape index (κ3) is 3.59. The van der Waals surface area contributed by atoms with Crippen molar-refractivity contribution in [3.8, 4) is 39.6 Å². The van der Waals surface area contributed by atoms with E-state index in [-0.39, 0.29) is 5.56 Å². The highest BCUT2D eigenvalue weighted by Gasteiger charge is 2.22. The van der Waals surface area contributed by atoms with Gasteiger partial charge in [-0.05, 0) is 24.3 Å². The Labute approximate surface area is 186 Å². The van der Waals surface area contributed by atoms with Gasteiger partial charge in [0.15, 0.2) is 0 Å². The number of hydrogen-bond donors (Lipinski definition) is 1. The fraction of sp³-hybridized carbons (Fsp3) is 0. The van der Waals surface area contributed by atoms with Crippen LogP contribution in [0.3, 0.4) is 0 Å². The molecule has 0 radical (unpaired) electrons. The number of aromatic carboxylic acids is 1. The number of carbonyl (C=O) groups is 1. The number of aromatic nitrogens is 2. The Morgan fingerprint density at radius 1 is 0.625 bits per heavy atom. The normalized spacial score (nSPS) is 10.8. The van der Waals surface area contributed by atoms with Crippen molar-refractivity contribution < 1.29 is 9.90 Å². The molecule has 0 spiro atoms. The van der Waals surface area contributed by atoms with Gasteiger partial charge < -0.3 is 5.11 Å². The summed E-state index contributed by atoms with van der Waals surface area (Å²) >= 11 is 0. The summed E-state index contributed by atoms with van der Waals surface area (Å²) in [6, 6.07) is 37.2. The van der Waals surface area contributed by atoms with Gasteiger partial charge in [-0.3, -0.25) is 4.57 Å². The first-order chi connectivity index (χ1) is 15.7. The zero-order valence-corrected chi connectivity index (χ0v) is 17.2. The molecule has 5 aromatic rings. The molecule has 5 rings (SSSR count). The van der Waals surface area contributed by atoms with E-state index in [1.165, 1.54) is 0 Å². The minimum atomic E-state index is -0.946. The molecular weight excluding hydrogens is 396 g/mol. The molecule has 0 saturated heterocycles. The summed E-state index contributed by atoms with van der Waals surface area (Å²) in [5, 5.41) is 9.35. The number of rotatable bonds is 5. The SMILES string of the molecule is O=C(O)c1ccc(-n2c(-c3ccccc3)nc(-c3ccccc3)c2-c2ccccc2)cc1. The second-order valence-corrected chi connectivity index (χ2v) is 7.42. The maximum Gasteiger partial charge on any atom is 0.335 e. The third-order valence-corrected chi connectivity index (χ3v) is 5.38. The minimum Gasteiger partial charge on any atom is -0.478 e. The van der Waals surface area contributed by atoms with E-state index in [1.807, 2.05) is 78.9 Å². The summed E-state index contributed by atoms with van der Waals surface area (Å²) in [7, 11) is 0. The van der Waals surface area contributed by atoms with E-state index < -0.39 is 5.97 Å². The fourth-order valence-electron chi connectivity index (χ4n) is 3.87. The van der Waals surface area contributed by atoms with Gasteiger partial charge in [-0.15, -0.1) is 0 Å². The molecule has 0 fully saturated rings. The zero-order valence-electron chi connectivity index (χ0n) is 17.2. The van der Waals surface area contributed by atoms with E-state index in [4.69, 9.17) is 4.98 Å². The molecule has 0 aliphatic carbocycles. The number of carboxylic acid groups (broad SMARTS) is 1. The van der Waals surface area contributed by atoms with Crippen LogP contribution in [0.2, 0.25) is 0 Å². The van der Waals surface area contributed by atoms with E-state index in [0.29, 0.717) is 0 Å². The van der Waals surface area contributed by atoms with E-state index in [1.54, 1.807) is 12.1 Å². The van der Waals surface area contributed by atoms with Crippen LogP contribution < -0.4 is 0 Å². The van der Waals surface area contributed by atoms with Crippen molar-refractivity contribution in [3.63, 3.8) is 0 Å². The molecule has 4 aromatic carbocycles. The number of nitrogens with zero attached hydrogens (tertiary/aromatic N) is 2. The summed E-state index contributed by atoms with van der Waals surface area (Å²) in [4.78, 5) is 16.5. The molecule has 32 heavy (non-hydrogen) atoms. The molecule has 1 heterocycles. The molecule has 4 heteroatoms. The average molecular weight is 416 g/mol. The molecule has 0 atom stereocenters. The molecular formula is C28H20N2O2. The lowest BCUT2D eigenvalue weighted by Crippen LogP contribution is -2.02. The van der Waals surface area contributed by atoms with Crippen LogP contribution in [0.1, 0.15) is 10.4 Å². The first kappa shape index (κ1) is 19.5. The van der Waals surface area contributed by atoms with Crippen molar-refractivity contribution in [1.29, 1.82) is 0 Å². The van der Waals surface area contributed by atoms with Gasteiger partial charge in [-0.2, -0.15) is 0 Å². The Balaban J connectivity index is 1.85. The van der Waals surface area contributed by atoms with Crippen molar-refractivity contribution in [2.24, 2.45) is 0 Å². The predicted molar refractivity (Wildman–Crippen MR) is 127 cm³/mol. The number of benzene rings is 4. The van der Waals surface area contributed by atoms with Crippen molar-refractivity contribution in [1.82, 2.24) is 9.55 Å². The van der Waals surface area contributed by atoms with Crippen molar-refractivity contribution >= 4 is 5.97 Å². The molecule has 0 amide bonds. The summed E-state index contributed by atoms with van der Waals surface area (Å²) in [6.45, 7) is 0. The lowest BCUT2D eigenvalue weighted by Gasteiger charge is -2.14. The number of imidazole rings is 1. The van der Waals surface area contributed by atoms with Gasteiger partial charge >= 0.3 is 5.97 Å². The second-order valence-electron chi connectivity index (χ2n) is 7.42. The highest BCUT2D eigenvalue weighted by atomic mass is 16.4. The third-order valence-electron chi connectivity index (χ3n) is 5.38. The average Bonchev–Trinajstić information content (AvgIpc) is 3.26. The summed E-state index contributed by atoms with van der Waals surface area (Å²) < 4.78 is 2.11. The first-order valence-electron chi connectivity index (χ1n) is 10.3. The molecule has 1 aromatic heterocycles. The Kier molecular flexibility index (Phi) is 5.10. The molecule has 1 N–H and O–H groups in total. The topological polar surface area (TPSA) is 55.1 Å². The second kappa shape index (κ2) is 8.36. The van der Waals surface area contributed by atoms with Crippen LogP contribution in [0.25, 0.3) is 39.6 Å². The molecule has 0 aliphatic rings. The van der Waals surface area contributed by atoms with Crippen LogP contribution in [-0.4, -0.2) is 20.6 Å². The predicted octanol–water partition coefficient (Wildman–Crippen LogP) is 6.57. The van der Waals surface area contributed by atoms with Crippen LogP contribution in [0.5, 0.6) is 0 Å². The Morgan fingerprint density at radius 3 is 1.66 bits per heavy atom. The van der Waals surface area contributed by atoms with Crippen LogP contribution in [0.15, 0.2) is 115 Å². The zero-order chi connectivity index (χ0) is 21.9. The van der Waals surface area contributed by atoms with Gasteiger partial charge in [0.2, 0.25) is 0 Å². The van der Waals surface area contributed by atoms with Gasteiger partial charge in [0, 0.05) is 22.4 Å². The highest BCUT2D eigenvalue weighted by molar-refractivity contribution is 5.88. The highest BCUT2D eigenvalue weighted by Crippen LogP contribution is 2.38. The van der Waals surface area contributed by atoms with Gasteiger partial charge in [0.1, 0.15) is 5.82 Å². The van der Waals surface area contributed by atoms with Crippen molar-refractivity contribution in [2.75, 3.05) is 0 Å². The minimum absolute atomic E-state index is 0.250. The van der Waals surface area contributed by atoms with Gasteiger partial charge in [-0.25, -0.2) is 9.78 Å². The molecule has 4 nitrogen and oxygen atoms in total. The standard InChI is InChI=1S/C28H20N2O2/c31-28(32)23-16-18-24(19-17-23)30-26(21-12-6-2-7-13-21)25(20-10-4-1-5-11-20)29-27(30)22-14-8-3-9-15-22/h1-19H,(H,31,32). The summed E-state index contributed by atoms with van der Waals surface area (Å²) in [6.07, 6.45) is 0.